The van der Waals surface area contributed by atoms with Crippen LogP contribution in [0.25, 0.3) is 0 Å². The van der Waals surface area contributed by atoms with Crippen LogP contribution in [-0.4, -0.2) is 17.6 Å². The fourth-order valence-electron chi connectivity index (χ4n) is 3.77. The second kappa shape index (κ2) is 5.62. The molecule has 19 heavy (non-hydrogen) atoms. The van der Waals surface area contributed by atoms with Crippen LogP contribution in [0.2, 0.25) is 0 Å². The Morgan fingerprint density at radius 1 is 1.21 bits per heavy atom. The fraction of sp³-hybridized carbons (Fsp3) is 0.706. The lowest BCUT2D eigenvalue weighted by Crippen LogP contribution is -2.37. The van der Waals surface area contributed by atoms with Gasteiger partial charge >= 0.3 is 0 Å². The Bertz CT molecular complexity index is 402. The Balaban J connectivity index is 1.62. The number of pyridine rings is 1. The SMILES string of the molecule is CCNC(Cc1ccc(CC)cn1)C1CC2CC2C1. The molecule has 1 aromatic rings. The minimum Gasteiger partial charge on any atom is -0.314 e. The summed E-state index contributed by atoms with van der Waals surface area (Å²) >= 11 is 0. The van der Waals surface area contributed by atoms with Gasteiger partial charge in [0.05, 0.1) is 0 Å². The van der Waals surface area contributed by atoms with E-state index in [1.54, 1.807) is 0 Å². The van der Waals surface area contributed by atoms with E-state index in [2.05, 4.69) is 36.3 Å². The van der Waals surface area contributed by atoms with Crippen molar-refractivity contribution in [2.75, 3.05) is 6.54 Å². The van der Waals surface area contributed by atoms with Gasteiger partial charge < -0.3 is 5.32 Å². The van der Waals surface area contributed by atoms with Crippen LogP contribution in [-0.2, 0) is 12.8 Å². The minimum atomic E-state index is 0.637. The first-order valence-corrected chi connectivity index (χ1v) is 7.97. The number of hydrogen-bond acceptors (Lipinski definition) is 2. The molecule has 1 N–H and O–H groups in total. The van der Waals surface area contributed by atoms with Crippen molar-refractivity contribution in [2.45, 2.75) is 52.0 Å². The lowest BCUT2D eigenvalue weighted by Gasteiger charge is -2.25. The number of aryl methyl sites for hydroxylation is 1. The van der Waals surface area contributed by atoms with Crippen molar-refractivity contribution in [2.24, 2.45) is 17.8 Å². The van der Waals surface area contributed by atoms with Crippen molar-refractivity contribution in [1.29, 1.82) is 0 Å². The molecule has 2 aliphatic rings. The van der Waals surface area contributed by atoms with Crippen molar-refractivity contribution in [3.63, 3.8) is 0 Å². The highest BCUT2D eigenvalue weighted by Crippen LogP contribution is 2.55. The maximum Gasteiger partial charge on any atom is 0.0419 e. The second-order valence-corrected chi connectivity index (χ2v) is 6.37. The molecular weight excluding hydrogens is 232 g/mol. The summed E-state index contributed by atoms with van der Waals surface area (Å²) in [6.45, 7) is 5.47. The molecule has 0 radical (unpaired) electrons. The second-order valence-electron chi connectivity index (χ2n) is 6.37. The first-order chi connectivity index (χ1) is 9.30. The number of hydrogen-bond donors (Lipinski definition) is 1. The summed E-state index contributed by atoms with van der Waals surface area (Å²) in [6.07, 6.45) is 8.64. The Morgan fingerprint density at radius 2 is 2.00 bits per heavy atom. The summed E-state index contributed by atoms with van der Waals surface area (Å²) in [5.41, 5.74) is 2.59. The van der Waals surface area contributed by atoms with Gasteiger partial charge in [0, 0.05) is 24.4 Å². The Hall–Kier alpha value is -0.890. The molecule has 1 heterocycles. The third-order valence-corrected chi connectivity index (χ3v) is 5.04. The summed E-state index contributed by atoms with van der Waals surface area (Å²) < 4.78 is 0. The highest BCUT2D eigenvalue weighted by molar-refractivity contribution is 5.15. The van der Waals surface area contributed by atoms with Crippen LogP contribution < -0.4 is 5.32 Å². The van der Waals surface area contributed by atoms with E-state index in [-0.39, 0.29) is 0 Å². The molecule has 0 saturated heterocycles. The Labute approximate surface area is 117 Å². The maximum absolute atomic E-state index is 4.63. The van der Waals surface area contributed by atoms with Crippen molar-refractivity contribution >= 4 is 0 Å². The molecule has 2 nitrogen and oxygen atoms in total. The van der Waals surface area contributed by atoms with E-state index < -0.39 is 0 Å². The van der Waals surface area contributed by atoms with Gasteiger partial charge in [0.1, 0.15) is 0 Å². The highest BCUT2D eigenvalue weighted by Gasteiger charge is 2.47. The number of nitrogens with one attached hydrogen (secondary N) is 1. The van der Waals surface area contributed by atoms with Crippen molar-refractivity contribution in [3.8, 4) is 0 Å². The highest BCUT2D eigenvalue weighted by atomic mass is 14.9. The smallest absolute Gasteiger partial charge is 0.0419 e. The van der Waals surface area contributed by atoms with Crippen LogP contribution in [0, 0.1) is 17.8 Å². The van der Waals surface area contributed by atoms with Gasteiger partial charge in [-0.25, -0.2) is 0 Å². The van der Waals surface area contributed by atoms with Crippen LogP contribution >= 0.6 is 0 Å². The average molecular weight is 258 g/mol. The zero-order chi connectivity index (χ0) is 13.2. The molecule has 0 aromatic carbocycles. The van der Waals surface area contributed by atoms with Crippen LogP contribution in [0.4, 0.5) is 0 Å². The van der Waals surface area contributed by atoms with Gasteiger partial charge in [0.15, 0.2) is 0 Å². The summed E-state index contributed by atoms with van der Waals surface area (Å²) in [6, 6.07) is 5.09. The molecule has 104 valence electrons. The zero-order valence-corrected chi connectivity index (χ0v) is 12.2. The predicted molar refractivity (Wildman–Crippen MR) is 79.1 cm³/mol. The van der Waals surface area contributed by atoms with Crippen molar-refractivity contribution in [3.05, 3.63) is 29.6 Å². The van der Waals surface area contributed by atoms with E-state index in [1.807, 2.05) is 6.20 Å². The molecular formula is C17H26N2. The molecule has 2 saturated carbocycles. The molecule has 0 spiro atoms. The van der Waals surface area contributed by atoms with Crippen LogP contribution in [0.15, 0.2) is 18.3 Å². The molecule has 2 fully saturated rings. The summed E-state index contributed by atoms with van der Waals surface area (Å²) in [5.74, 6) is 3.03. The van der Waals surface area contributed by atoms with Gasteiger partial charge in [-0.2, -0.15) is 0 Å². The van der Waals surface area contributed by atoms with Gasteiger partial charge in [-0.05, 0) is 61.6 Å². The number of fused-ring (bicyclic) bond motifs is 1. The summed E-state index contributed by atoms with van der Waals surface area (Å²) in [5, 5.41) is 3.70. The van der Waals surface area contributed by atoms with Crippen molar-refractivity contribution < 1.29 is 0 Å². The molecule has 2 aliphatic carbocycles. The monoisotopic (exact) mass is 258 g/mol. The number of rotatable bonds is 6. The Morgan fingerprint density at radius 3 is 2.58 bits per heavy atom. The largest absolute Gasteiger partial charge is 0.314 e. The zero-order valence-electron chi connectivity index (χ0n) is 12.2. The van der Waals surface area contributed by atoms with Gasteiger partial charge in [-0.3, -0.25) is 4.98 Å². The summed E-state index contributed by atoms with van der Waals surface area (Å²) in [4.78, 5) is 4.63. The first kappa shape index (κ1) is 13.1. The number of likely N-dealkylation sites (N-methyl/N-ethyl adjacent to an activating group) is 1. The normalized spacial score (nSPS) is 30.1. The molecule has 3 atom stereocenters. The van der Waals surface area contributed by atoms with Crippen LogP contribution in [0.5, 0.6) is 0 Å². The maximum atomic E-state index is 4.63. The van der Waals surface area contributed by atoms with Gasteiger partial charge in [0.25, 0.3) is 0 Å². The first-order valence-electron chi connectivity index (χ1n) is 7.97. The van der Waals surface area contributed by atoms with E-state index in [0.29, 0.717) is 6.04 Å². The molecule has 3 rings (SSSR count). The van der Waals surface area contributed by atoms with Gasteiger partial charge in [-0.1, -0.05) is 19.9 Å². The van der Waals surface area contributed by atoms with E-state index in [4.69, 9.17) is 0 Å². The third kappa shape index (κ3) is 3.00. The standard InChI is InChI=1S/C17H26N2/c1-3-12-5-6-16(19-11-12)10-17(18-4-2)15-8-13-7-14(13)9-15/h5-6,11,13-15,17-18H,3-4,7-10H2,1-2H3. The van der Waals surface area contributed by atoms with Gasteiger partial charge in [0.2, 0.25) is 0 Å². The quantitative estimate of drug-likeness (QED) is 0.847. The fourth-order valence-corrected chi connectivity index (χ4v) is 3.77. The average Bonchev–Trinajstić information content (AvgIpc) is 3.05. The lowest BCUT2D eigenvalue weighted by molar-refractivity contribution is 0.335. The number of aromatic nitrogens is 1. The van der Waals surface area contributed by atoms with E-state index in [9.17, 15) is 0 Å². The van der Waals surface area contributed by atoms with Crippen LogP contribution in [0.1, 0.15) is 44.4 Å². The van der Waals surface area contributed by atoms with E-state index >= 15 is 0 Å². The van der Waals surface area contributed by atoms with Crippen molar-refractivity contribution in [1.82, 2.24) is 10.3 Å². The molecule has 0 amide bonds. The van der Waals surface area contributed by atoms with E-state index in [1.165, 1.54) is 30.5 Å². The topological polar surface area (TPSA) is 24.9 Å². The minimum absolute atomic E-state index is 0.637. The Kier molecular flexibility index (Phi) is 3.88. The van der Waals surface area contributed by atoms with Gasteiger partial charge in [-0.15, -0.1) is 0 Å². The molecule has 1 aromatic heterocycles. The molecule has 2 heteroatoms. The summed E-state index contributed by atoms with van der Waals surface area (Å²) in [7, 11) is 0. The lowest BCUT2D eigenvalue weighted by atomic mass is 9.91. The molecule has 3 unspecified atom stereocenters. The molecule has 0 aliphatic heterocycles. The number of nitrogens with zero attached hydrogens (tertiary/aromatic N) is 1. The third-order valence-electron chi connectivity index (χ3n) is 5.04. The molecule has 0 bridgehead atoms. The predicted octanol–water partition coefficient (Wildman–Crippen LogP) is 3.21. The van der Waals surface area contributed by atoms with Crippen LogP contribution in [0.3, 0.4) is 0 Å². The van der Waals surface area contributed by atoms with E-state index in [0.717, 1.165) is 37.1 Å².